The second-order valence-corrected chi connectivity index (χ2v) is 5.45. The summed E-state index contributed by atoms with van der Waals surface area (Å²) in [5.41, 5.74) is 2.13. The monoisotopic (exact) mass is 304 g/mol. The Balaban J connectivity index is 1.72. The van der Waals surface area contributed by atoms with Crippen molar-refractivity contribution in [1.29, 1.82) is 0 Å². The number of halogens is 2. The zero-order valence-electron chi connectivity index (χ0n) is 12.9. The van der Waals surface area contributed by atoms with Crippen LogP contribution < -0.4 is 10.6 Å². The van der Waals surface area contributed by atoms with Gasteiger partial charge in [-0.25, -0.2) is 8.78 Å². The summed E-state index contributed by atoms with van der Waals surface area (Å²) in [4.78, 5) is 0. The van der Waals surface area contributed by atoms with E-state index in [2.05, 4.69) is 24.5 Å². The molecule has 0 bridgehead atoms. The molecule has 2 aromatic carbocycles. The Morgan fingerprint density at radius 2 is 1.00 bits per heavy atom. The van der Waals surface area contributed by atoms with E-state index in [0.29, 0.717) is 0 Å². The zero-order chi connectivity index (χ0) is 15.9. The normalized spacial score (nSPS) is 13.8. The summed E-state index contributed by atoms with van der Waals surface area (Å²) >= 11 is 0. The summed E-state index contributed by atoms with van der Waals surface area (Å²) in [5.74, 6) is -0.434. The lowest BCUT2D eigenvalue weighted by atomic mass is 10.1. The van der Waals surface area contributed by atoms with Crippen LogP contribution in [0.2, 0.25) is 0 Å². The molecule has 0 saturated carbocycles. The average molecular weight is 304 g/mol. The minimum atomic E-state index is -0.217. The summed E-state index contributed by atoms with van der Waals surface area (Å²) in [6.07, 6.45) is 0. The Morgan fingerprint density at radius 3 is 1.32 bits per heavy atom. The molecule has 2 aromatic rings. The fourth-order valence-electron chi connectivity index (χ4n) is 2.32. The molecule has 0 amide bonds. The van der Waals surface area contributed by atoms with Gasteiger partial charge in [0, 0.05) is 25.2 Å². The Kier molecular flexibility index (Phi) is 6.04. The maximum absolute atomic E-state index is 12.9. The summed E-state index contributed by atoms with van der Waals surface area (Å²) in [6, 6.07) is 13.4. The first-order valence-electron chi connectivity index (χ1n) is 7.54. The number of nitrogens with one attached hydrogen (secondary N) is 2. The highest BCUT2D eigenvalue weighted by Gasteiger charge is 2.06. The SMILES string of the molecule is C[C@@H](NCCN[C@H](C)c1ccc(F)cc1)c1ccc(F)cc1. The Morgan fingerprint density at radius 1 is 0.682 bits per heavy atom. The molecular weight excluding hydrogens is 282 g/mol. The van der Waals surface area contributed by atoms with Crippen LogP contribution in [0.1, 0.15) is 37.1 Å². The highest BCUT2D eigenvalue weighted by molar-refractivity contribution is 5.20. The molecule has 0 aliphatic rings. The molecule has 2 nitrogen and oxygen atoms in total. The first-order chi connectivity index (χ1) is 10.6. The highest BCUT2D eigenvalue weighted by atomic mass is 19.1. The molecule has 0 aliphatic heterocycles. The van der Waals surface area contributed by atoms with E-state index in [9.17, 15) is 8.78 Å². The minimum Gasteiger partial charge on any atom is -0.309 e. The van der Waals surface area contributed by atoms with Gasteiger partial charge in [-0.1, -0.05) is 24.3 Å². The third-order valence-corrected chi connectivity index (χ3v) is 3.77. The summed E-state index contributed by atoms with van der Waals surface area (Å²) in [5, 5.41) is 6.78. The molecule has 0 fully saturated rings. The lowest BCUT2D eigenvalue weighted by molar-refractivity contribution is 0.510. The molecule has 0 heterocycles. The number of hydrogen-bond donors (Lipinski definition) is 2. The summed E-state index contributed by atoms with van der Waals surface area (Å²) in [6.45, 7) is 5.70. The van der Waals surface area contributed by atoms with Crippen LogP contribution in [0.5, 0.6) is 0 Å². The van der Waals surface area contributed by atoms with Gasteiger partial charge in [0.05, 0.1) is 0 Å². The van der Waals surface area contributed by atoms with Crippen molar-refractivity contribution in [2.45, 2.75) is 25.9 Å². The molecule has 118 valence electrons. The van der Waals surface area contributed by atoms with Gasteiger partial charge in [0.1, 0.15) is 11.6 Å². The molecule has 22 heavy (non-hydrogen) atoms. The Bertz CT molecular complexity index is 513. The molecule has 2 atom stereocenters. The van der Waals surface area contributed by atoms with E-state index < -0.39 is 0 Å². The molecule has 2 N–H and O–H groups in total. The average Bonchev–Trinajstić information content (AvgIpc) is 2.52. The van der Waals surface area contributed by atoms with Crippen LogP contribution in [0.3, 0.4) is 0 Å². The first-order valence-corrected chi connectivity index (χ1v) is 7.54. The Labute approximate surface area is 130 Å². The van der Waals surface area contributed by atoms with Crippen molar-refractivity contribution in [2.75, 3.05) is 13.1 Å². The molecule has 0 unspecified atom stereocenters. The lowest BCUT2D eigenvalue weighted by Gasteiger charge is -2.17. The van der Waals surface area contributed by atoms with Gasteiger partial charge in [0.2, 0.25) is 0 Å². The second kappa shape index (κ2) is 8.01. The zero-order valence-corrected chi connectivity index (χ0v) is 12.9. The molecule has 0 radical (unpaired) electrons. The van der Waals surface area contributed by atoms with Crippen LogP contribution >= 0.6 is 0 Å². The van der Waals surface area contributed by atoms with E-state index in [1.54, 1.807) is 24.3 Å². The number of rotatable bonds is 7. The van der Waals surface area contributed by atoms with Crippen molar-refractivity contribution in [3.05, 3.63) is 71.3 Å². The largest absolute Gasteiger partial charge is 0.309 e. The van der Waals surface area contributed by atoms with Crippen molar-refractivity contribution in [2.24, 2.45) is 0 Å². The van der Waals surface area contributed by atoms with E-state index in [-0.39, 0.29) is 23.7 Å². The smallest absolute Gasteiger partial charge is 0.123 e. The lowest BCUT2D eigenvalue weighted by Crippen LogP contribution is -2.30. The van der Waals surface area contributed by atoms with Crippen LogP contribution in [0.4, 0.5) is 8.78 Å². The molecule has 0 aromatic heterocycles. The maximum Gasteiger partial charge on any atom is 0.123 e. The standard InChI is InChI=1S/C18H22F2N2/c1-13(15-3-7-17(19)8-4-15)21-11-12-22-14(2)16-5-9-18(20)10-6-16/h3-10,13-14,21-22H,11-12H2,1-2H3/t13-,14-/m1/s1. The predicted molar refractivity (Wildman–Crippen MR) is 85.6 cm³/mol. The molecule has 4 heteroatoms. The van der Waals surface area contributed by atoms with Crippen molar-refractivity contribution >= 4 is 0 Å². The highest BCUT2D eigenvalue weighted by Crippen LogP contribution is 2.13. The van der Waals surface area contributed by atoms with Gasteiger partial charge in [-0.05, 0) is 49.2 Å². The van der Waals surface area contributed by atoms with E-state index in [0.717, 1.165) is 24.2 Å². The van der Waals surface area contributed by atoms with Crippen LogP contribution in [0.25, 0.3) is 0 Å². The van der Waals surface area contributed by atoms with Crippen molar-refractivity contribution in [1.82, 2.24) is 10.6 Å². The van der Waals surface area contributed by atoms with Gasteiger partial charge in [0.15, 0.2) is 0 Å². The third-order valence-electron chi connectivity index (χ3n) is 3.77. The molecule has 2 rings (SSSR count). The van der Waals surface area contributed by atoms with E-state index in [1.807, 2.05) is 0 Å². The van der Waals surface area contributed by atoms with Gasteiger partial charge in [-0.3, -0.25) is 0 Å². The van der Waals surface area contributed by atoms with Crippen LogP contribution in [0, 0.1) is 11.6 Å². The van der Waals surface area contributed by atoms with Gasteiger partial charge in [-0.2, -0.15) is 0 Å². The van der Waals surface area contributed by atoms with Crippen LogP contribution in [0.15, 0.2) is 48.5 Å². The minimum absolute atomic E-state index is 0.170. The molecule has 0 saturated heterocycles. The fraction of sp³-hybridized carbons (Fsp3) is 0.333. The van der Waals surface area contributed by atoms with Gasteiger partial charge in [0.25, 0.3) is 0 Å². The number of hydrogen-bond acceptors (Lipinski definition) is 2. The quantitative estimate of drug-likeness (QED) is 0.756. The molecule has 0 spiro atoms. The summed E-state index contributed by atoms with van der Waals surface area (Å²) < 4.78 is 25.8. The Hall–Kier alpha value is -1.78. The second-order valence-electron chi connectivity index (χ2n) is 5.45. The predicted octanol–water partition coefficient (Wildman–Crippen LogP) is 3.97. The van der Waals surface area contributed by atoms with Gasteiger partial charge >= 0.3 is 0 Å². The fourth-order valence-corrected chi connectivity index (χ4v) is 2.32. The third kappa shape index (κ3) is 4.90. The maximum atomic E-state index is 12.9. The molecular formula is C18H22F2N2. The number of benzene rings is 2. The van der Waals surface area contributed by atoms with Crippen molar-refractivity contribution in [3.8, 4) is 0 Å². The van der Waals surface area contributed by atoms with Gasteiger partial charge < -0.3 is 10.6 Å². The topological polar surface area (TPSA) is 24.1 Å². The van der Waals surface area contributed by atoms with E-state index in [1.165, 1.54) is 24.3 Å². The van der Waals surface area contributed by atoms with Crippen LogP contribution in [-0.2, 0) is 0 Å². The van der Waals surface area contributed by atoms with E-state index in [4.69, 9.17) is 0 Å². The van der Waals surface area contributed by atoms with E-state index >= 15 is 0 Å². The van der Waals surface area contributed by atoms with Gasteiger partial charge in [-0.15, -0.1) is 0 Å². The van der Waals surface area contributed by atoms with Crippen molar-refractivity contribution < 1.29 is 8.78 Å². The van der Waals surface area contributed by atoms with Crippen molar-refractivity contribution in [3.63, 3.8) is 0 Å². The molecule has 0 aliphatic carbocycles. The van der Waals surface area contributed by atoms with Crippen LogP contribution in [-0.4, -0.2) is 13.1 Å². The first kappa shape index (κ1) is 16.6. The summed E-state index contributed by atoms with van der Waals surface area (Å²) in [7, 11) is 0.